The molecule has 0 aliphatic heterocycles. The SMILES string of the molecule is O=C(O)Cc1ccccc1OP(=O)(O)Cc1cccc2ccccc12. The lowest BCUT2D eigenvalue weighted by molar-refractivity contribution is -0.136. The first-order valence-electron chi connectivity index (χ1n) is 7.72. The number of hydrogen-bond acceptors (Lipinski definition) is 3. The van der Waals surface area contributed by atoms with Gasteiger partial charge in [0.25, 0.3) is 0 Å². The van der Waals surface area contributed by atoms with Crippen molar-refractivity contribution in [3.63, 3.8) is 0 Å². The molecule has 0 spiro atoms. The average molecular weight is 356 g/mol. The van der Waals surface area contributed by atoms with E-state index in [0.717, 1.165) is 10.8 Å². The molecule has 0 amide bonds. The largest absolute Gasteiger partial charge is 0.481 e. The van der Waals surface area contributed by atoms with Crippen molar-refractivity contribution >= 4 is 24.3 Å². The Morgan fingerprint density at radius 1 is 0.920 bits per heavy atom. The first-order valence-corrected chi connectivity index (χ1v) is 9.49. The van der Waals surface area contributed by atoms with Crippen LogP contribution in [0.5, 0.6) is 5.75 Å². The van der Waals surface area contributed by atoms with E-state index < -0.39 is 13.6 Å². The van der Waals surface area contributed by atoms with Gasteiger partial charge in [-0.2, -0.15) is 0 Å². The number of carboxylic acids is 1. The van der Waals surface area contributed by atoms with Gasteiger partial charge in [-0.1, -0.05) is 60.7 Å². The Labute approximate surface area is 145 Å². The average Bonchev–Trinajstić information content (AvgIpc) is 2.56. The summed E-state index contributed by atoms with van der Waals surface area (Å²) in [6.45, 7) is 0. The second kappa shape index (κ2) is 7.09. The molecule has 0 saturated heterocycles. The molecule has 0 fully saturated rings. The smallest absolute Gasteiger partial charge is 0.381 e. The fourth-order valence-electron chi connectivity index (χ4n) is 2.73. The zero-order valence-corrected chi connectivity index (χ0v) is 14.2. The van der Waals surface area contributed by atoms with Gasteiger partial charge in [0, 0.05) is 5.56 Å². The van der Waals surface area contributed by atoms with Gasteiger partial charge in [0.2, 0.25) is 0 Å². The van der Waals surface area contributed by atoms with E-state index >= 15 is 0 Å². The van der Waals surface area contributed by atoms with Gasteiger partial charge in [0.1, 0.15) is 5.75 Å². The van der Waals surface area contributed by atoms with Crippen molar-refractivity contribution in [3.05, 3.63) is 77.9 Å². The summed E-state index contributed by atoms with van der Waals surface area (Å²) in [5.41, 5.74) is 1.07. The van der Waals surface area contributed by atoms with Gasteiger partial charge >= 0.3 is 13.6 Å². The molecular weight excluding hydrogens is 339 g/mol. The lowest BCUT2D eigenvalue weighted by atomic mass is 10.1. The molecule has 0 aromatic heterocycles. The molecule has 25 heavy (non-hydrogen) atoms. The van der Waals surface area contributed by atoms with Gasteiger partial charge in [-0.3, -0.25) is 4.79 Å². The van der Waals surface area contributed by atoms with Crippen molar-refractivity contribution in [3.8, 4) is 5.75 Å². The van der Waals surface area contributed by atoms with Gasteiger partial charge < -0.3 is 14.5 Å². The minimum atomic E-state index is -4.00. The number of carbonyl (C=O) groups is 1. The molecule has 0 saturated carbocycles. The normalized spacial score (nSPS) is 13.3. The molecule has 128 valence electrons. The maximum atomic E-state index is 12.6. The minimum Gasteiger partial charge on any atom is -0.481 e. The first-order chi connectivity index (χ1) is 11.9. The van der Waals surface area contributed by atoms with Crippen LogP contribution < -0.4 is 4.52 Å². The Kier molecular flexibility index (Phi) is 4.88. The zero-order valence-electron chi connectivity index (χ0n) is 13.3. The summed E-state index contributed by atoms with van der Waals surface area (Å²) in [7, 11) is -4.00. The molecule has 5 nitrogen and oxygen atoms in total. The molecule has 3 rings (SSSR count). The van der Waals surface area contributed by atoms with E-state index in [-0.39, 0.29) is 18.3 Å². The Balaban J connectivity index is 1.88. The Hall–Kier alpha value is -2.62. The summed E-state index contributed by atoms with van der Waals surface area (Å²) in [5, 5.41) is 10.8. The van der Waals surface area contributed by atoms with Crippen LogP contribution in [0, 0.1) is 0 Å². The van der Waals surface area contributed by atoms with Crippen molar-refractivity contribution in [2.24, 2.45) is 0 Å². The van der Waals surface area contributed by atoms with Crippen LogP contribution in [0.4, 0.5) is 0 Å². The van der Waals surface area contributed by atoms with Gasteiger partial charge in [-0.15, -0.1) is 0 Å². The van der Waals surface area contributed by atoms with Crippen LogP contribution in [0.3, 0.4) is 0 Å². The second-order valence-corrected chi connectivity index (χ2v) is 7.48. The maximum Gasteiger partial charge on any atom is 0.381 e. The number of benzene rings is 3. The molecule has 0 bridgehead atoms. The highest BCUT2D eigenvalue weighted by molar-refractivity contribution is 7.52. The fraction of sp³-hybridized carbons (Fsp3) is 0.105. The van der Waals surface area contributed by atoms with Crippen LogP contribution in [0.2, 0.25) is 0 Å². The molecule has 1 atom stereocenters. The third-order valence-corrected chi connectivity index (χ3v) is 5.03. The van der Waals surface area contributed by atoms with E-state index in [2.05, 4.69) is 0 Å². The molecular formula is C19H17O5P. The highest BCUT2D eigenvalue weighted by atomic mass is 31.2. The Morgan fingerprint density at radius 2 is 1.56 bits per heavy atom. The van der Waals surface area contributed by atoms with Crippen molar-refractivity contribution in [1.29, 1.82) is 0 Å². The number of rotatable bonds is 6. The summed E-state index contributed by atoms with van der Waals surface area (Å²) < 4.78 is 18.0. The van der Waals surface area contributed by atoms with Crippen LogP contribution >= 0.6 is 7.60 Å². The minimum absolute atomic E-state index is 0.121. The maximum absolute atomic E-state index is 12.6. The van der Waals surface area contributed by atoms with E-state index in [9.17, 15) is 14.3 Å². The molecule has 0 aliphatic rings. The summed E-state index contributed by atoms with van der Waals surface area (Å²) in [5.74, 6) is -0.908. The van der Waals surface area contributed by atoms with Crippen LogP contribution in [0.1, 0.15) is 11.1 Å². The third-order valence-electron chi connectivity index (χ3n) is 3.81. The summed E-state index contributed by atoms with van der Waals surface area (Å²) in [6.07, 6.45) is -0.430. The lowest BCUT2D eigenvalue weighted by Gasteiger charge is -2.16. The van der Waals surface area contributed by atoms with Crippen LogP contribution in [0.25, 0.3) is 10.8 Å². The molecule has 3 aromatic rings. The number of carboxylic acid groups (broad SMARTS) is 1. The Bertz CT molecular complexity index is 961. The monoisotopic (exact) mass is 356 g/mol. The van der Waals surface area contributed by atoms with E-state index in [0.29, 0.717) is 11.1 Å². The van der Waals surface area contributed by atoms with Crippen molar-refractivity contribution in [2.45, 2.75) is 12.6 Å². The topological polar surface area (TPSA) is 83.8 Å². The quantitative estimate of drug-likeness (QED) is 0.646. The van der Waals surface area contributed by atoms with Crippen LogP contribution in [-0.2, 0) is 21.9 Å². The van der Waals surface area contributed by atoms with Crippen LogP contribution in [0.15, 0.2) is 66.7 Å². The first kappa shape index (κ1) is 17.2. The summed E-state index contributed by atoms with van der Waals surface area (Å²) in [6, 6.07) is 19.5. The number of aliphatic carboxylic acids is 1. The molecule has 6 heteroatoms. The lowest BCUT2D eigenvalue weighted by Crippen LogP contribution is -2.04. The highest BCUT2D eigenvalue weighted by Crippen LogP contribution is 2.47. The number of fused-ring (bicyclic) bond motifs is 1. The number of para-hydroxylation sites is 1. The van der Waals surface area contributed by atoms with Gasteiger partial charge in [0.05, 0.1) is 12.6 Å². The van der Waals surface area contributed by atoms with E-state index in [1.807, 2.05) is 36.4 Å². The molecule has 3 aromatic carbocycles. The molecule has 0 radical (unpaired) electrons. The second-order valence-electron chi connectivity index (χ2n) is 5.70. The predicted molar refractivity (Wildman–Crippen MR) is 95.9 cm³/mol. The van der Waals surface area contributed by atoms with Gasteiger partial charge in [-0.05, 0) is 22.4 Å². The number of hydrogen-bond donors (Lipinski definition) is 2. The van der Waals surface area contributed by atoms with Crippen molar-refractivity contribution < 1.29 is 23.9 Å². The van der Waals surface area contributed by atoms with Crippen molar-refractivity contribution in [2.75, 3.05) is 0 Å². The summed E-state index contributed by atoms with van der Waals surface area (Å²) >= 11 is 0. The predicted octanol–water partition coefficient (Wildman–Crippen LogP) is 4.23. The van der Waals surface area contributed by atoms with E-state index in [1.54, 1.807) is 24.3 Å². The molecule has 2 N–H and O–H groups in total. The van der Waals surface area contributed by atoms with Gasteiger partial charge in [0.15, 0.2) is 0 Å². The fourth-order valence-corrected chi connectivity index (χ4v) is 3.99. The standard InChI is InChI=1S/C19H17O5P/c20-19(21)12-15-7-2-4-11-18(15)24-25(22,23)13-16-9-5-8-14-6-1-3-10-17(14)16/h1-11H,12-13H2,(H,20,21)(H,22,23). The summed E-state index contributed by atoms with van der Waals surface area (Å²) in [4.78, 5) is 21.3. The molecule has 0 aliphatic carbocycles. The molecule has 0 heterocycles. The van der Waals surface area contributed by atoms with Crippen molar-refractivity contribution in [1.82, 2.24) is 0 Å². The zero-order chi connectivity index (χ0) is 17.9. The molecule has 1 unspecified atom stereocenters. The Morgan fingerprint density at radius 3 is 2.36 bits per heavy atom. The van der Waals surface area contributed by atoms with Crippen LogP contribution in [-0.4, -0.2) is 16.0 Å². The highest BCUT2D eigenvalue weighted by Gasteiger charge is 2.24. The third kappa shape index (κ3) is 4.27. The van der Waals surface area contributed by atoms with E-state index in [4.69, 9.17) is 9.63 Å². The van der Waals surface area contributed by atoms with Gasteiger partial charge in [-0.25, -0.2) is 4.57 Å². The van der Waals surface area contributed by atoms with E-state index in [1.165, 1.54) is 6.07 Å².